The molecule has 14 heavy (non-hydrogen) atoms. The van der Waals surface area contributed by atoms with E-state index in [1.54, 1.807) is 4.90 Å². The molecule has 0 spiro atoms. The van der Waals surface area contributed by atoms with Crippen molar-refractivity contribution in [3.8, 4) is 12.3 Å². The number of carbonyl (C=O) groups is 1. The van der Waals surface area contributed by atoms with Gasteiger partial charge in [-0.25, -0.2) is 0 Å². The molecule has 0 bridgehead atoms. The van der Waals surface area contributed by atoms with Crippen molar-refractivity contribution >= 4 is 5.91 Å². The van der Waals surface area contributed by atoms with E-state index in [9.17, 15) is 4.79 Å². The van der Waals surface area contributed by atoms with Gasteiger partial charge >= 0.3 is 0 Å². The zero-order chi connectivity index (χ0) is 10.4. The summed E-state index contributed by atoms with van der Waals surface area (Å²) in [6.45, 7) is 1.72. The molecule has 0 aliphatic carbocycles. The Morgan fingerprint density at radius 1 is 1.57 bits per heavy atom. The molecule has 1 saturated heterocycles. The summed E-state index contributed by atoms with van der Waals surface area (Å²) in [7, 11) is 0. The van der Waals surface area contributed by atoms with Gasteiger partial charge in [-0.1, -0.05) is 0 Å². The van der Waals surface area contributed by atoms with Gasteiger partial charge in [0.15, 0.2) is 0 Å². The Balaban J connectivity index is 2.25. The average Bonchev–Trinajstić information content (AvgIpc) is 2.26. The molecule has 4 heteroatoms. The third kappa shape index (κ3) is 3.02. The minimum atomic E-state index is -0.245. The Morgan fingerprint density at radius 3 is 2.71 bits per heavy atom. The van der Waals surface area contributed by atoms with Crippen molar-refractivity contribution in [3.63, 3.8) is 0 Å². The maximum Gasteiger partial charge on any atom is 0.298 e. The van der Waals surface area contributed by atoms with Gasteiger partial charge in [0, 0.05) is 13.1 Å². The first-order chi connectivity index (χ1) is 6.77. The van der Waals surface area contributed by atoms with Gasteiger partial charge in [-0.15, -0.1) is 6.42 Å². The highest BCUT2D eigenvalue weighted by molar-refractivity contribution is 5.92. The molecule has 1 heterocycles. The van der Waals surface area contributed by atoms with Crippen LogP contribution in [0.4, 0.5) is 0 Å². The van der Waals surface area contributed by atoms with E-state index >= 15 is 0 Å². The minimum absolute atomic E-state index is 0.0451. The molecule has 0 radical (unpaired) electrons. The normalized spacial score (nSPS) is 17.9. The van der Waals surface area contributed by atoms with Crippen LogP contribution in [0.3, 0.4) is 0 Å². The number of carbonyl (C=O) groups excluding carboxylic acids is 1. The smallest absolute Gasteiger partial charge is 0.298 e. The molecule has 0 saturated carbocycles. The molecule has 1 fully saturated rings. The standard InChI is InChI=1S/C10H15NO3/c1-2-10(13)11-5-3-9(4-6-11)14-8-7-12/h1,9,12H,3-8H2. The van der Waals surface area contributed by atoms with Crippen LogP contribution in [0.15, 0.2) is 0 Å². The van der Waals surface area contributed by atoms with E-state index in [2.05, 4.69) is 5.92 Å². The second-order valence-corrected chi connectivity index (χ2v) is 3.23. The molecule has 1 amide bonds. The van der Waals surface area contributed by atoms with Crippen LogP contribution in [-0.2, 0) is 9.53 Å². The van der Waals surface area contributed by atoms with Crippen molar-refractivity contribution in [2.24, 2.45) is 0 Å². The van der Waals surface area contributed by atoms with E-state index in [0.29, 0.717) is 19.7 Å². The van der Waals surface area contributed by atoms with Crippen molar-refractivity contribution in [1.82, 2.24) is 4.90 Å². The molecule has 0 aromatic heterocycles. The van der Waals surface area contributed by atoms with Crippen LogP contribution in [0.25, 0.3) is 0 Å². The first kappa shape index (κ1) is 11.0. The fourth-order valence-electron chi connectivity index (χ4n) is 1.54. The lowest BCUT2D eigenvalue weighted by Gasteiger charge is -2.30. The van der Waals surface area contributed by atoms with Gasteiger partial charge in [0.1, 0.15) is 0 Å². The molecule has 1 N–H and O–H groups in total. The van der Waals surface area contributed by atoms with Gasteiger partial charge in [0.25, 0.3) is 5.91 Å². The van der Waals surface area contributed by atoms with Crippen LogP contribution in [0.1, 0.15) is 12.8 Å². The number of nitrogens with zero attached hydrogens (tertiary/aromatic N) is 1. The number of piperidine rings is 1. The summed E-state index contributed by atoms with van der Waals surface area (Å²) < 4.78 is 5.35. The summed E-state index contributed by atoms with van der Waals surface area (Å²) in [6, 6.07) is 0. The Kier molecular flexibility index (Phi) is 4.44. The first-order valence-electron chi connectivity index (χ1n) is 4.76. The molecule has 0 aromatic rings. The Hall–Kier alpha value is -1.05. The van der Waals surface area contributed by atoms with Crippen molar-refractivity contribution in [3.05, 3.63) is 0 Å². The van der Waals surface area contributed by atoms with Crippen molar-refractivity contribution in [1.29, 1.82) is 0 Å². The summed E-state index contributed by atoms with van der Waals surface area (Å²) >= 11 is 0. The fourth-order valence-corrected chi connectivity index (χ4v) is 1.54. The van der Waals surface area contributed by atoms with Crippen molar-refractivity contribution in [2.45, 2.75) is 18.9 Å². The molecular weight excluding hydrogens is 182 g/mol. The molecule has 1 rings (SSSR count). The third-order valence-corrected chi connectivity index (χ3v) is 2.30. The Bertz CT molecular complexity index is 226. The largest absolute Gasteiger partial charge is 0.394 e. The number of ether oxygens (including phenoxy) is 1. The monoisotopic (exact) mass is 197 g/mol. The van der Waals surface area contributed by atoms with Crippen LogP contribution in [-0.4, -0.2) is 48.3 Å². The van der Waals surface area contributed by atoms with Crippen LogP contribution in [0, 0.1) is 12.3 Å². The van der Waals surface area contributed by atoms with Gasteiger partial charge in [-0.05, 0) is 18.8 Å². The maximum atomic E-state index is 11.1. The fraction of sp³-hybridized carbons (Fsp3) is 0.700. The molecule has 0 aromatic carbocycles. The second-order valence-electron chi connectivity index (χ2n) is 3.23. The number of aliphatic hydroxyl groups excluding tert-OH is 1. The average molecular weight is 197 g/mol. The topological polar surface area (TPSA) is 49.8 Å². The summed E-state index contributed by atoms with van der Waals surface area (Å²) in [5.41, 5.74) is 0. The van der Waals surface area contributed by atoms with Gasteiger partial charge in [0.05, 0.1) is 19.3 Å². The molecule has 1 aliphatic rings. The summed E-state index contributed by atoms with van der Waals surface area (Å²) in [4.78, 5) is 12.7. The van der Waals surface area contributed by atoms with Crippen LogP contribution in [0.2, 0.25) is 0 Å². The molecular formula is C10H15NO3. The van der Waals surface area contributed by atoms with Gasteiger partial charge in [-0.3, -0.25) is 4.79 Å². The Labute approximate surface area is 83.8 Å². The van der Waals surface area contributed by atoms with Crippen LogP contribution < -0.4 is 0 Å². The number of amides is 1. The van der Waals surface area contributed by atoms with Gasteiger partial charge in [-0.2, -0.15) is 0 Å². The number of rotatable bonds is 3. The van der Waals surface area contributed by atoms with Crippen molar-refractivity contribution < 1.29 is 14.6 Å². The Morgan fingerprint density at radius 2 is 2.21 bits per heavy atom. The SMILES string of the molecule is C#CC(=O)N1CCC(OCCO)CC1. The van der Waals surface area contributed by atoms with Crippen LogP contribution >= 0.6 is 0 Å². The molecule has 0 unspecified atom stereocenters. The predicted octanol–water partition coefficient (Wildman–Crippen LogP) is -0.381. The quantitative estimate of drug-likeness (QED) is 0.627. The highest BCUT2D eigenvalue weighted by Gasteiger charge is 2.21. The third-order valence-electron chi connectivity index (χ3n) is 2.30. The number of likely N-dealkylation sites (tertiary alicyclic amines) is 1. The van der Waals surface area contributed by atoms with Crippen molar-refractivity contribution in [2.75, 3.05) is 26.3 Å². The molecule has 4 nitrogen and oxygen atoms in total. The lowest BCUT2D eigenvalue weighted by Crippen LogP contribution is -2.40. The summed E-state index contributed by atoms with van der Waals surface area (Å²) in [6.07, 6.45) is 6.77. The number of aliphatic hydroxyl groups is 1. The van der Waals surface area contributed by atoms with E-state index in [1.807, 2.05) is 0 Å². The van der Waals surface area contributed by atoms with Crippen LogP contribution in [0.5, 0.6) is 0 Å². The minimum Gasteiger partial charge on any atom is -0.394 e. The lowest BCUT2D eigenvalue weighted by atomic mass is 10.1. The second kappa shape index (κ2) is 5.63. The lowest BCUT2D eigenvalue weighted by molar-refractivity contribution is -0.127. The predicted molar refractivity (Wildman–Crippen MR) is 51.5 cm³/mol. The van der Waals surface area contributed by atoms with E-state index in [4.69, 9.17) is 16.3 Å². The number of terminal acetylenes is 1. The van der Waals surface area contributed by atoms with Gasteiger partial charge in [0.2, 0.25) is 0 Å². The molecule has 0 atom stereocenters. The zero-order valence-electron chi connectivity index (χ0n) is 8.11. The summed E-state index contributed by atoms with van der Waals surface area (Å²) in [5.74, 6) is 1.85. The number of hydrogen-bond acceptors (Lipinski definition) is 3. The maximum absolute atomic E-state index is 11.1. The van der Waals surface area contributed by atoms with E-state index in [-0.39, 0.29) is 18.6 Å². The highest BCUT2D eigenvalue weighted by atomic mass is 16.5. The number of hydrogen-bond donors (Lipinski definition) is 1. The molecule has 78 valence electrons. The zero-order valence-corrected chi connectivity index (χ0v) is 8.11. The van der Waals surface area contributed by atoms with E-state index in [0.717, 1.165) is 12.8 Å². The van der Waals surface area contributed by atoms with E-state index in [1.165, 1.54) is 0 Å². The van der Waals surface area contributed by atoms with E-state index < -0.39 is 0 Å². The van der Waals surface area contributed by atoms with Gasteiger partial charge < -0.3 is 14.7 Å². The highest BCUT2D eigenvalue weighted by Crippen LogP contribution is 2.13. The first-order valence-corrected chi connectivity index (χ1v) is 4.76. The summed E-state index contributed by atoms with van der Waals surface area (Å²) in [5, 5.41) is 8.56. The molecule has 1 aliphatic heterocycles.